The Morgan fingerprint density at radius 2 is 1.70 bits per heavy atom. The fourth-order valence-electron chi connectivity index (χ4n) is 2.51. The molecule has 2 heteroatoms. The summed E-state index contributed by atoms with van der Waals surface area (Å²) in [6, 6.07) is 14.2. The first-order valence-electron chi connectivity index (χ1n) is 6.66. The van der Waals surface area contributed by atoms with E-state index >= 15 is 0 Å². The molecule has 1 aromatic carbocycles. The zero-order valence-corrected chi connectivity index (χ0v) is 11.3. The van der Waals surface area contributed by atoms with Crippen LogP contribution in [0.4, 0.5) is 0 Å². The fourth-order valence-corrected chi connectivity index (χ4v) is 2.51. The summed E-state index contributed by atoms with van der Waals surface area (Å²) in [4.78, 5) is 15.8. The van der Waals surface area contributed by atoms with Gasteiger partial charge in [0.2, 0.25) is 0 Å². The van der Waals surface area contributed by atoms with Crippen LogP contribution in [-0.2, 0) is 4.79 Å². The van der Waals surface area contributed by atoms with Crippen LogP contribution in [0.25, 0.3) is 11.1 Å². The standard InChI is InChI=1S/C18H15NO/c1-13(20)16-11-17(14-5-3-2-4-6-14)18(12-16)15-7-9-19-10-8-15/h2-10,12H,11H2,1H3. The molecule has 0 fully saturated rings. The summed E-state index contributed by atoms with van der Waals surface area (Å²) < 4.78 is 0. The number of hydrogen-bond acceptors (Lipinski definition) is 2. The van der Waals surface area contributed by atoms with E-state index in [2.05, 4.69) is 17.1 Å². The summed E-state index contributed by atoms with van der Waals surface area (Å²) in [5.41, 5.74) is 5.49. The number of carbonyl (C=O) groups excluding carboxylic acids is 1. The average Bonchev–Trinajstić information content (AvgIpc) is 2.94. The van der Waals surface area contributed by atoms with Crippen molar-refractivity contribution in [3.63, 3.8) is 0 Å². The van der Waals surface area contributed by atoms with E-state index in [4.69, 9.17) is 0 Å². The lowest BCUT2D eigenvalue weighted by Crippen LogP contribution is -1.93. The van der Waals surface area contributed by atoms with E-state index in [1.807, 2.05) is 36.4 Å². The van der Waals surface area contributed by atoms with E-state index in [0.29, 0.717) is 6.42 Å². The number of ketones is 1. The Hall–Kier alpha value is -2.48. The summed E-state index contributed by atoms with van der Waals surface area (Å²) in [6.45, 7) is 1.63. The summed E-state index contributed by atoms with van der Waals surface area (Å²) in [7, 11) is 0. The van der Waals surface area contributed by atoms with Crippen molar-refractivity contribution in [1.82, 2.24) is 4.98 Å². The molecule has 0 atom stereocenters. The smallest absolute Gasteiger partial charge is 0.156 e. The van der Waals surface area contributed by atoms with E-state index in [1.54, 1.807) is 19.3 Å². The van der Waals surface area contributed by atoms with Crippen LogP contribution in [0.1, 0.15) is 24.5 Å². The molecule has 1 aliphatic carbocycles. The van der Waals surface area contributed by atoms with Crippen molar-refractivity contribution in [1.29, 1.82) is 0 Å². The molecule has 2 aromatic rings. The fraction of sp³-hybridized carbons (Fsp3) is 0.111. The highest BCUT2D eigenvalue weighted by molar-refractivity contribution is 6.08. The molecular weight excluding hydrogens is 246 g/mol. The van der Waals surface area contributed by atoms with Crippen LogP contribution in [0.5, 0.6) is 0 Å². The molecule has 1 heterocycles. The number of hydrogen-bond donors (Lipinski definition) is 0. The first-order valence-corrected chi connectivity index (χ1v) is 6.66. The van der Waals surface area contributed by atoms with Gasteiger partial charge in [-0.1, -0.05) is 30.3 Å². The van der Waals surface area contributed by atoms with Crippen molar-refractivity contribution in [2.75, 3.05) is 0 Å². The number of benzene rings is 1. The predicted molar refractivity (Wildman–Crippen MR) is 80.9 cm³/mol. The molecule has 98 valence electrons. The maximum absolute atomic E-state index is 11.7. The number of nitrogens with zero attached hydrogens (tertiary/aromatic N) is 1. The minimum Gasteiger partial charge on any atom is -0.295 e. The molecular formula is C18H15NO. The Labute approximate surface area is 118 Å². The van der Waals surface area contributed by atoms with Gasteiger partial charge in [-0.2, -0.15) is 0 Å². The van der Waals surface area contributed by atoms with Gasteiger partial charge in [-0.25, -0.2) is 0 Å². The SMILES string of the molecule is CC(=O)C1=CC(c2ccncc2)=C(c2ccccc2)C1. The lowest BCUT2D eigenvalue weighted by molar-refractivity contribution is -0.113. The summed E-state index contributed by atoms with van der Waals surface area (Å²) in [6.07, 6.45) is 6.28. The molecule has 0 bridgehead atoms. The molecule has 1 aliphatic rings. The molecule has 0 aliphatic heterocycles. The highest BCUT2D eigenvalue weighted by Crippen LogP contribution is 2.38. The van der Waals surface area contributed by atoms with E-state index in [1.165, 1.54) is 11.1 Å². The van der Waals surface area contributed by atoms with Crippen molar-refractivity contribution in [3.8, 4) is 0 Å². The Morgan fingerprint density at radius 1 is 1.00 bits per heavy atom. The van der Waals surface area contributed by atoms with Crippen molar-refractivity contribution in [2.24, 2.45) is 0 Å². The summed E-state index contributed by atoms with van der Waals surface area (Å²) in [5, 5.41) is 0. The first-order chi connectivity index (χ1) is 9.75. The van der Waals surface area contributed by atoms with E-state index < -0.39 is 0 Å². The van der Waals surface area contributed by atoms with Crippen LogP contribution >= 0.6 is 0 Å². The summed E-state index contributed by atoms with van der Waals surface area (Å²) >= 11 is 0. The largest absolute Gasteiger partial charge is 0.295 e. The van der Waals surface area contributed by atoms with E-state index in [-0.39, 0.29) is 5.78 Å². The van der Waals surface area contributed by atoms with Gasteiger partial charge >= 0.3 is 0 Å². The topological polar surface area (TPSA) is 30.0 Å². The van der Waals surface area contributed by atoms with Crippen LogP contribution in [0.15, 0.2) is 66.5 Å². The molecule has 0 saturated heterocycles. The van der Waals surface area contributed by atoms with E-state index in [0.717, 1.165) is 16.7 Å². The van der Waals surface area contributed by atoms with Crippen molar-refractivity contribution in [2.45, 2.75) is 13.3 Å². The zero-order chi connectivity index (χ0) is 13.9. The van der Waals surface area contributed by atoms with Gasteiger partial charge < -0.3 is 0 Å². The van der Waals surface area contributed by atoms with Gasteiger partial charge in [-0.15, -0.1) is 0 Å². The van der Waals surface area contributed by atoms with Gasteiger partial charge in [-0.05, 0) is 53.0 Å². The van der Waals surface area contributed by atoms with Crippen molar-refractivity contribution in [3.05, 3.63) is 77.6 Å². The molecule has 0 N–H and O–H groups in total. The Balaban J connectivity index is 2.12. The third-order valence-electron chi connectivity index (χ3n) is 3.58. The minimum atomic E-state index is 0.141. The highest BCUT2D eigenvalue weighted by atomic mass is 16.1. The normalized spacial score (nSPS) is 14.3. The molecule has 0 unspecified atom stereocenters. The number of pyridine rings is 1. The third-order valence-corrected chi connectivity index (χ3v) is 3.58. The van der Waals surface area contributed by atoms with Gasteiger partial charge in [0.15, 0.2) is 5.78 Å². The molecule has 0 amide bonds. The monoisotopic (exact) mass is 261 g/mol. The molecule has 0 radical (unpaired) electrons. The van der Waals surface area contributed by atoms with Crippen molar-refractivity contribution >= 4 is 16.9 Å². The Kier molecular flexibility index (Phi) is 3.30. The molecule has 2 nitrogen and oxygen atoms in total. The maximum Gasteiger partial charge on any atom is 0.156 e. The zero-order valence-electron chi connectivity index (χ0n) is 11.3. The second kappa shape index (κ2) is 5.25. The Morgan fingerprint density at radius 3 is 2.35 bits per heavy atom. The van der Waals surface area contributed by atoms with Crippen molar-refractivity contribution < 1.29 is 4.79 Å². The van der Waals surface area contributed by atoms with Crippen LogP contribution in [0, 0.1) is 0 Å². The highest BCUT2D eigenvalue weighted by Gasteiger charge is 2.20. The molecule has 3 rings (SSSR count). The quantitative estimate of drug-likeness (QED) is 0.838. The molecule has 0 saturated carbocycles. The van der Waals surface area contributed by atoms with E-state index in [9.17, 15) is 4.79 Å². The Bertz CT molecular complexity index is 697. The average molecular weight is 261 g/mol. The first kappa shape index (κ1) is 12.5. The van der Waals surface area contributed by atoms with Crippen LogP contribution < -0.4 is 0 Å². The van der Waals surface area contributed by atoms with Gasteiger partial charge in [-0.3, -0.25) is 9.78 Å². The van der Waals surface area contributed by atoms with Crippen LogP contribution in [-0.4, -0.2) is 10.8 Å². The van der Waals surface area contributed by atoms with Gasteiger partial charge in [0, 0.05) is 18.8 Å². The molecule has 1 aromatic heterocycles. The number of allylic oxidation sites excluding steroid dienone is 4. The lowest BCUT2D eigenvalue weighted by atomic mass is 9.97. The molecule has 0 spiro atoms. The van der Waals surface area contributed by atoms with Gasteiger partial charge in [0.05, 0.1) is 0 Å². The number of rotatable bonds is 3. The van der Waals surface area contributed by atoms with Crippen LogP contribution in [0.3, 0.4) is 0 Å². The number of Topliss-reactive ketones (excluding diaryl/α,β-unsaturated/α-hetero) is 1. The second-order valence-electron chi connectivity index (χ2n) is 4.90. The minimum absolute atomic E-state index is 0.141. The maximum atomic E-state index is 11.7. The van der Waals surface area contributed by atoms with Gasteiger partial charge in [0.1, 0.15) is 0 Å². The van der Waals surface area contributed by atoms with Gasteiger partial charge in [0.25, 0.3) is 0 Å². The molecule has 20 heavy (non-hydrogen) atoms. The number of carbonyl (C=O) groups is 1. The summed E-state index contributed by atoms with van der Waals surface area (Å²) in [5.74, 6) is 0.141. The van der Waals surface area contributed by atoms with Crippen LogP contribution in [0.2, 0.25) is 0 Å². The third kappa shape index (κ3) is 2.32. The predicted octanol–water partition coefficient (Wildman–Crippen LogP) is 3.91. The second-order valence-corrected chi connectivity index (χ2v) is 4.90. The number of aromatic nitrogens is 1. The lowest BCUT2D eigenvalue weighted by Gasteiger charge is -2.07.